The van der Waals surface area contributed by atoms with E-state index in [0.29, 0.717) is 6.61 Å². The van der Waals surface area contributed by atoms with Crippen LogP contribution in [0.25, 0.3) is 0 Å². The third-order valence-corrected chi connectivity index (χ3v) is 10.3. The molecule has 8 heteroatoms. The van der Waals surface area contributed by atoms with Gasteiger partial charge in [0, 0.05) is 39.0 Å². The van der Waals surface area contributed by atoms with Crippen LogP contribution >= 0.6 is 0 Å². The second-order valence-electron chi connectivity index (χ2n) is 7.17. The molecule has 0 saturated heterocycles. The zero-order chi connectivity index (χ0) is 19.2. The summed E-state index contributed by atoms with van der Waals surface area (Å²) in [5, 5.41) is 0. The van der Waals surface area contributed by atoms with Crippen LogP contribution in [-0.2, 0) is 30.7 Å². The Balaban J connectivity index is 1.98. The van der Waals surface area contributed by atoms with Gasteiger partial charge in [0.15, 0.2) is 0 Å². The van der Waals surface area contributed by atoms with Crippen molar-refractivity contribution in [2.45, 2.75) is 38.1 Å². The van der Waals surface area contributed by atoms with Gasteiger partial charge in [-0.1, -0.05) is 6.07 Å². The van der Waals surface area contributed by atoms with E-state index < -0.39 is 17.4 Å². The van der Waals surface area contributed by atoms with Crippen LogP contribution in [-0.4, -0.2) is 64.2 Å². The summed E-state index contributed by atoms with van der Waals surface area (Å²) in [6.07, 6.45) is 1.94. The van der Waals surface area contributed by atoms with Crippen molar-refractivity contribution >= 4 is 17.4 Å². The van der Waals surface area contributed by atoms with Crippen LogP contribution in [0.2, 0.25) is 18.6 Å². The molecule has 26 heavy (non-hydrogen) atoms. The van der Waals surface area contributed by atoms with Crippen LogP contribution in [0.3, 0.4) is 0 Å². The summed E-state index contributed by atoms with van der Waals surface area (Å²) in [6.45, 7) is 3.86. The van der Waals surface area contributed by atoms with Crippen molar-refractivity contribution in [3.8, 4) is 5.75 Å². The number of benzene rings is 1. The van der Waals surface area contributed by atoms with Gasteiger partial charge in [0.2, 0.25) is 0 Å². The minimum atomic E-state index is -2.54. The Kier molecular flexibility index (Phi) is 7.83. The van der Waals surface area contributed by atoms with Crippen molar-refractivity contribution < 1.29 is 22.1 Å². The average Bonchev–Trinajstić information content (AvgIpc) is 2.63. The number of rotatable bonds is 10. The van der Waals surface area contributed by atoms with Crippen LogP contribution < -0.4 is 4.43 Å². The number of hydrogen-bond donors (Lipinski definition) is 0. The zero-order valence-electron chi connectivity index (χ0n) is 17.0. The molecule has 0 N–H and O–H groups in total. The molecule has 2 rings (SSSR count). The van der Waals surface area contributed by atoms with E-state index >= 15 is 0 Å². The Bertz CT molecular complexity index is 574. The summed E-state index contributed by atoms with van der Waals surface area (Å²) in [7, 11) is 4.47. The van der Waals surface area contributed by atoms with E-state index in [1.165, 1.54) is 5.56 Å². The molecule has 6 nitrogen and oxygen atoms in total. The quantitative estimate of drug-likeness (QED) is 0.564. The molecular formula is C18H33NO5Si2. The van der Waals surface area contributed by atoms with Crippen molar-refractivity contribution in [2.75, 3.05) is 42.0 Å². The monoisotopic (exact) mass is 399 g/mol. The molecule has 0 aromatic heterocycles. The summed E-state index contributed by atoms with van der Waals surface area (Å²) in [4.78, 5) is 2.20. The first kappa shape index (κ1) is 21.6. The van der Waals surface area contributed by atoms with E-state index in [1.807, 2.05) is 0 Å². The molecule has 0 amide bonds. The zero-order valence-corrected chi connectivity index (χ0v) is 19.0. The predicted molar refractivity (Wildman–Crippen MR) is 107 cm³/mol. The molecule has 0 fully saturated rings. The van der Waals surface area contributed by atoms with Gasteiger partial charge in [-0.2, -0.15) is 0 Å². The number of hydrogen-bond acceptors (Lipinski definition) is 6. The molecule has 1 heterocycles. The minimum Gasteiger partial charge on any atom is -0.520 e. The Hall–Kier alpha value is -0.746. The molecule has 0 radical (unpaired) electrons. The van der Waals surface area contributed by atoms with Gasteiger partial charge in [0.1, 0.15) is 5.75 Å². The lowest BCUT2D eigenvalue weighted by Gasteiger charge is -2.34. The van der Waals surface area contributed by atoms with Gasteiger partial charge in [0.05, 0.1) is 6.61 Å². The summed E-state index contributed by atoms with van der Waals surface area (Å²) >= 11 is 0. The molecule has 1 unspecified atom stereocenters. The minimum absolute atomic E-state index is 0.634. The van der Waals surface area contributed by atoms with Crippen LogP contribution in [0.4, 0.5) is 0 Å². The molecule has 0 spiro atoms. The van der Waals surface area contributed by atoms with E-state index in [1.54, 1.807) is 21.3 Å². The standard InChI is InChI=1S/C18H33NO5Si2/c1-19(2)11-7-12-25(6)23-15-17-14-16(8-9-18(17)24-25)10-13-26(20-3,21-4)22-5/h8-9,14H,7,10-13,15H2,1-6H3. The maximum absolute atomic E-state index is 6.30. The summed E-state index contributed by atoms with van der Waals surface area (Å²) in [5.41, 5.74) is 2.34. The maximum Gasteiger partial charge on any atom is 0.500 e. The lowest BCUT2D eigenvalue weighted by Crippen LogP contribution is -2.45. The second kappa shape index (κ2) is 9.45. The third kappa shape index (κ3) is 5.62. The van der Waals surface area contributed by atoms with Gasteiger partial charge < -0.3 is 27.0 Å². The molecule has 1 aliphatic heterocycles. The van der Waals surface area contributed by atoms with E-state index in [2.05, 4.69) is 43.7 Å². The van der Waals surface area contributed by atoms with Crippen LogP contribution in [0.5, 0.6) is 5.75 Å². The molecule has 0 aliphatic carbocycles. The Morgan fingerprint density at radius 2 is 1.85 bits per heavy atom. The number of fused-ring (bicyclic) bond motifs is 1. The van der Waals surface area contributed by atoms with E-state index in [0.717, 1.165) is 42.8 Å². The number of aryl methyl sites for hydroxylation is 1. The first-order valence-corrected chi connectivity index (χ1v) is 13.6. The fraction of sp³-hybridized carbons (Fsp3) is 0.667. The van der Waals surface area contributed by atoms with Gasteiger partial charge >= 0.3 is 17.4 Å². The molecule has 148 valence electrons. The molecule has 0 saturated carbocycles. The fourth-order valence-electron chi connectivity index (χ4n) is 3.19. The lowest BCUT2D eigenvalue weighted by molar-refractivity contribution is 0.123. The predicted octanol–water partition coefficient (Wildman–Crippen LogP) is 3.04. The summed E-state index contributed by atoms with van der Waals surface area (Å²) in [5.74, 6) is 0.979. The van der Waals surface area contributed by atoms with Gasteiger partial charge in [-0.15, -0.1) is 0 Å². The normalized spacial score (nSPS) is 20.1. The van der Waals surface area contributed by atoms with Crippen LogP contribution in [0.1, 0.15) is 17.5 Å². The van der Waals surface area contributed by atoms with Crippen molar-refractivity contribution in [2.24, 2.45) is 0 Å². The van der Waals surface area contributed by atoms with Crippen LogP contribution in [0, 0.1) is 0 Å². The van der Waals surface area contributed by atoms with E-state index in [-0.39, 0.29) is 0 Å². The highest BCUT2D eigenvalue weighted by Gasteiger charge is 2.38. The highest BCUT2D eigenvalue weighted by Crippen LogP contribution is 2.33. The van der Waals surface area contributed by atoms with Crippen LogP contribution in [0.15, 0.2) is 18.2 Å². The molecule has 1 atom stereocenters. The second-order valence-corrected chi connectivity index (χ2v) is 13.5. The third-order valence-electron chi connectivity index (χ3n) is 4.87. The largest absolute Gasteiger partial charge is 0.520 e. The number of nitrogens with zero attached hydrogens (tertiary/aromatic N) is 1. The summed E-state index contributed by atoms with van der Waals surface area (Å²) in [6, 6.07) is 8.13. The molecule has 1 aromatic rings. The maximum atomic E-state index is 6.30. The molecule has 1 aromatic carbocycles. The summed E-state index contributed by atoms with van der Waals surface area (Å²) < 4.78 is 29.0. The fourth-order valence-corrected chi connectivity index (χ4v) is 7.12. The molecular weight excluding hydrogens is 366 g/mol. The van der Waals surface area contributed by atoms with Crippen molar-refractivity contribution in [3.05, 3.63) is 29.3 Å². The van der Waals surface area contributed by atoms with E-state index in [4.69, 9.17) is 22.1 Å². The first-order valence-electron chi connectivity index (χ1n) is 9.10. The Morgan fingerprint density at radius 3 is 2.46 bits per heavy atom. The highest BCUT2D eigenvalue weighted by atomic mass is 28.4. The van der Waals surface area contributed by atoms with Gasteiger partial charge in [0.25, 0.3) is 0 Å². The molecule has 1 aliphatic rings. The van der Waals surface area contributed by atoms with Gasteiger partial charge in [-0.05, 0) is 57.7 Å². The highest BCUT2D eigenvalue weighted by molar-refractivity contribution is 6.67. The van der Waals surface area contributed by atoms with Crippen molar-refractivity contribution in [3.63, 3.8) is 0 Å². The van der Waals surface area contributed by atoms with Gasteiger partial charge in [-0.3, -0.25) is 0 Å². The van der Waals surface area contributed by atoms with Crippen molar-refractivity contribution in [1.29, 1.82) is 0 Å². The Labute approximate surface area is 160 Å². The Morgan fingerprint density at radius 1 is 1.15 bits per heavy atom. The topological polar surface area (TPSA) is 49.4 Å². The van der Waals surface area contributed by atoms with Crippen molar-refractivity contribution in [1.82, 2.24) is 4.90 Å². The van der Waals surface area contributed by atoms with E-state index in [9.17, 15) is 0 Å². The van der Waals surface area contributed by atoms with Gasteiger partial charge in [-0.25, -0.2) is 0 Å². The lowest BCUT2D eigenvalue weighted by atomic mass is 10.1. The smallest absolute Gasteiger partial charge is 0.500 e. The average molecular weight is 400 g/mol. The first-order chi connectivity index (χ1) is 12.4. The molecule has 0 bridgehead atoms. The SMILES string of the molecule is CO[Si](CCc1ccc2c(c1)CO[Si](C)(CCCN(C)C)O2)(OC)OC.